The summed E-state index contributed by atoms with van der Waals surface area (Å²) in [7, 11) is 0. The summed E-state index contributed by atoms with van der Waals surface area (Å²) in [6, 6.07) is 0. The Bertz CT molecular complexity index is 432. The highest BCUT2D eigenvalue weighted by Gasteiger charge is 2.49. The lowest BCUT2D eigenvalue weighted by Crippen LogP contribution is -2.52. The van der Waals surface area contributed by atoms with Crippen molar-refractivity contribution < 1.29 is 24.2 Å². The fourth-order valence-electron chi connectivity index (χ4n) is 3.01. The number of carboxylic acid groups (broad SMARTS) is 1. The smallest absolute Gasteiger partial charge is 0.319 e. The monoisotopic (exact) mass is 312 g/mol. The van der Waals surface area contributed by atoms with Crippen LogP contribution in [0, 0.1) is 5.41 Å². The molecule has 124 valence electrons. The van der Waals surface area contributed by atoms with Crippen molar-refractivity contribution in [3.63, 3.8) is 0 Å². The van der Waals surface area contributed by atoms with E-state index in [4.69, 9.17) is 4.74 Å². The van der Waals surface area contributed by atoms with E-state index in [2.05, 4.69) is 5.32 Å². The Balaban J connectivity index is 2.11. The molecule has 0 aromatic heterocycles. The molecule has 0 aromatic carbocycles. The van der Waals surface area contributed by atoms with Crippen LogP contribution in [0.2, 0.25) is 0 Å². The first-order valence-corrected chi connectivity index (χ1v) is 7.93. The van der Waals surface area contributed by atoms with E-state index in [9.17, 15) is 19.5 Å². The van der Waals surface area contributed by atoms with Crippen molar-refractivity contribution in [1.82, 2.24) is 10.2 Å². The van der Waals surface area contributed by atoms with E-state index in [1.54, 1.807) is 4.90 Å². The summed E-state index contributed by atoms with van der Waals surface area (Å²) >= 11 is 0. The summed E-state index contributed by atoms with van der Waals surface area (Å²) < 4.78 is 5.21. The first-order valence-electron chi connectivity index (χ1n) is 7.93. The summed E-state index contributed by atoms with van der Waals surface area (Å²) in [5.41, 5.74) is -1.39. The third-order valence-electron chi connectivity index (χ3n) is 4.49. The van der Waals surface area contributed by atoms with Gasteiger partial charge >= 0.3 is 5.97 Å². The van der Waals surface area contributed by atoms with Gasteiger partial charge in [0.15, 0.2) is 5.41 Å². The van der Waals surface area contributed by atoms with E-state index in [0.29, 0.717) is 13.1 Å². The molecule has 2 fully saturated rings. The van der Waals surface area contributed by atoms with Crippen LogP contribution in [0.25, 0.3) is 0 Å². The maximum absolute atomic E-state index is 12.8. The largest absolute Gasteiger partial charge is 0.480 e. The van der Waals surface area contributed by atoms with Crippen molar-refractivity contribution in [2.24, 2.45) is 5.41 Å². The zero-order valence-electron chi connectivity index (χ0n) is 12.8. The summed E-state index contributed by atoms with van der Waals surface area (Å²) in [5, 5.41) is 12.4. The summed E-state index contributed by atoms with van der Waals surface area (Å²) in [4.78, 5) is 37.8. The molecule has 0 unspecified atom stereocenters. The molecule has 7 nitrogen and oxygen atoms in total. The molecule has 7 heteroatoms. The number of rotatable bonds is 2. The number of ether oxygens (including phenoxy) is 1. The predicted octanol–water partition coefficient (Wildman–Crippen LogP) is 0.387. The van der Waals surface area contributed by atoms with Crippen LogP contribution in [-0.2, 0) is 19.1 Å². The topological polar surface area (TPSA) is 95.9 Å². The standard InChI is InChI=1S/C15H24N2O5/c18-12-4-9-17(8-3-1-2-7-16-12)13(19)15(14(20)21)5-10-22-11-6-15/h1-11H2,(H,16,18)(H,20,21). The Morgan fingerprint density at radius 2 is 1.86 bits per heavy atom. The van der Waals surface area contributed by atoms with Crippen LogP contribution in [-0.4, -0.2) is 60.6 Å². The van der Waals surface area contributed by atoms with Crippen molar-refractivity contribution >= 4 is 17.8 Å². The molecule has 2 heterocycles. The van der Waals surface area contributed by atoms with Crippen molar-refractivity contribution in [2.75, 3.05) is 32.8 Å². The third kappa shape index (κ3) is 3.76. The molecule has 2 saturated heterocycles. The molecule has 2 rings (SSSR count). The second-order valence-electron chi connectivity index (χ2n) is 5.95. The summed E-state index contributed by atoms with van der Waals surface area (Å²) in [6.07, 6.45) is 3.23. The van der Waals surface area contributed by atoms with Gasteiger partial charge in [0.05, 0.1) is 0 Å². The molecule has 0 saturated carbocycles. The van der Waals surface area contributed by atoms with E-state index >= 15 is 0 Å². The number of carboxylic acids is 1. The Hall–Kier alpha value is -1.63. The van der Waals surface area contributed by atoms with Crippen molar-refractivity contribution in [1.29, 1.82) is 0 Å². The van der Waals surface area contributed by atoms with E-state index in [0.717, 1.165) is 19.3 Å². The average Bonchev–Trinajstić information content (AvgIpc) is 2.53. The van der Waals surface area contributed by atoms with Gasteiger partial charge < -0.3 is 20.1 Å². The highest BCUT2D eigenvalue weighted by atomic mass is 16.5. The molecule has 2 aliphatic rings. The van der Waals surface area contributed by atoms with Gasteiger partial charge in [-0.15, -0.1) is 0 Å². The minimum atomic E-state index is -1.39. The molecule has 0 bridgehead atoms. The minimum absolute atomic E-state index is 0.0870. The van der Waals surface area contributed by atoms with E-state index in [1.807, 2.05) is 0 Å². The molecular formula is C15H24N2O5. The first-order chi connectivity index (χ1) is 10.6. The van der Waals surface area contributed by atoms with Crippen molar-refractivity contribution in [3.8, 4) is 0 Å². The van der Waals surface area contributed by atoms with Crippen LogP contribution in [0.4, 0.5) is 0 Å². The molecule has 22 heavy (non-hydrogen) atoms. The second kappa shape index (κ2) is 7.58. The van der Waals surface area contributed by atoms with E-state index in [1.165, 1.54) is 0 Å². The van der Waals surface area contributed by atoms with Crippen LogP contribution in [0.15, 0.2) is 0 Å². The molecule has 2 amide bonds. The van der Waals surface area contributed by atoms with Crippen molar-refractivity contribution in [3.05, 3.63) is 0 Å². The van der Waals surface area contributed by atoms with Crippen LogP contribution < -0.4 is 5.32 Å². The van der Waals surface area contributed by atoms with Gasteiger partial charge in [-0.05, 0) is 32.1 Å². The Morgan fingerprint density at radius 1 is 1.14 bits per heavy atom. The second-order valence-corrected chi connectivity index (χ2v) is 5.95. The lowest BCUT2D eigenvalue weighted by molar-refractivity contribution is -0.167. The number of hydrogen-bond acceptors (Lipinski definition) is 4. The highest BCUT2D eigenvalue weighted by Crippen LogP contribution is 2.33. The fraction of sp³-hybridized carbons (Fsp3) is 0.800. The number of nitrogens with one attached hydrogen (secondary N) is 1. The van der Waals surface area contributed by atoms with Gasteiger partial charge in [-0.1, -0.05) is 0 Å². The highest BCUT2D eigenvalue weighted by molar-refractivity contribution is 6.02. The predicted molar refractivity (Wildman–Crippen MR) is 78.2 cm³/mol. The summed E-state index contributed by atoms with van der Waals surface area (Å²) in [5.74, 6) is -1.53. The maximum atomic E-state index is 12.8. The average molecular weight is 312 g/mol. The molecular weight excluding hydrogens is 288 g/mol. The van der Waals surface area contributed by atoms with Gasteiger partial charge in [0, 0.05) is 39.3 Å². The normalized spacial score (nSPS) is 23.5. The number of amides is 2. The maximum Gasteiger partial charge on any atom is 0.319 e. The van der Waals surface area contributed by atoms with E-state index in [-0.39, 0.29) is 50.8 Å². The van der Waals surface area contributed by atoms with Gasteiger partial charge in [-0.3, -0.25) is 14.4 Å². The number of aliphatic carboxylic acids is 1. The number of nitrogens with zero attached hydrogens (tertiary/aromatic N) is 1. The zero-order chi connectivity index (χ0) is 16.0. The Kier molecular flexibility index (Phi) is 5.76. The van der Waals surface area contributed by atoms with Gasteiger partial charge in [0.25, 0.3) is 0 Å². The quantitative estimate of drug-likeness (QED) is 0.719. The minimum Gasteiger partial charge on any atom is -0.480 e. The van der Waals surface area contributed by atoms with Crippen LogP contribution in [0.3, 0.4) is 0 Å². The van der Waals surface area contributed by atoms with Gasteiger partial charge in [0.1, 0.15) is 0 Å². The SMILES string of the molecule is O=C1CCN(C(=O)C2(C(=O)O)CCOCC2)CCCCCN1. The number of carbonyl (C=O) groups is 3. The van der Waals surface area contributed by atoms with Gasteiger partial charge in [-0.2, -0.15) is 0 Å². The number of carbonyl (C=O) groups excluding carboxylic acids is 2. The lowest BCUT2D eigenvalue weighted by Gasteiger charge is -2.36. The zero-order valence-corrected chi connectivity index (χ0v) is 12.8. The Morgan fingerprint density at radius 3 is 2.55 bits per heavy atom. The molecule has 2 N–H and O–H groups in total. The molecule has 0 aliphatic carbocycles. The summed E-state index contributed by atoms with van der Waals surface area (Å²) in [6.45, 7) is 2.03. The van der Waals surface area contributed by atoms with Crippen molar-refractivity contribution in [2.45, 2.75) is 38.5 Å². The number of hydrogen-bond donors (Lipinski definition) is 2. The molecule has 0 radical (unpaired) electrons. The van der Waals surface area contributed by atoms with E-state index < -0.39 is 11.4 Å². The fourth-order valence-corrected chi connectivity index (χ4v) is 3.01. The third-order valence-corrected chi connectivity index (χ3v) is 4.49. The van der Waals surface area contributed by atoms with Crippen LogP contribution in [0.5, 0.6) is 0 Å². The lowest BCUT2D eigenvalue weighted by atomic mass is 9.78. The molecule has 2 aliphatic heterocycles. The molecule has 0 aromatic rings. The van der Waals surface area contributed by atoms with Gasteiger partial charge in [-0.25, -0.2) is 0 Å². The molecule has 0 spiro atoms. The van der Waals surface area contributed by atoms with Gasteiger partial charge in [0.2, 0.25) is 11.8 Å². The van der Waals surface area contributed by atoms with Crippen LogP contribution >= 0.6 is 0 Å². The van der Waals surface area contributed by atoms with Crippen LogP contribution in [0.1, 0.15) is 38.5 Å². The first kappa shape index (κ1) is 16.7. The molecule has 0 atom stereocenters. The Labute approximate surface area is 130 Å².